The van der Waals surface area contributed by atoms with E-state index in [1.807, 2.05) is 6.92 Å². The molecular weight excluding hydrogens is 296 g/mol. The molecule has 0 saturated heterocycles. The highest BCUT2D eigenvalue weighted by molar-refractivity contribution is 6.33. The Balaban J connectivity index is 1.86. The van der Waals surface area contributed by atoms with E-state index in [-0.39, 0.29) is 28.8 Å². The number of ether oxygens (including phenoxy) is 1. The fourth-order valence-corrected chi connectivity index (χ4v) is 2.37. The molecule has 0 bridgehead atoms. The van der Waals surface area contributed by atoms with Crippen molar-refractivity contribution >= 4 is 29.3 Å². The van der Waals surface area contributed by atoms with Crippen molar-refractivity contribution in [3.8, 4) is 0 Å². The van der Waals surface area contributed by atoms with Gasteiger partial charge in [-0.3, -0.25) is 0 Å². The Kier molecular flexibility index (Phi) is 5.03. The van der Waals surface area contributed by atoms with Crippen LogP contribution in [0.3, 0.4) is 0 Å². The second-order valence-corrected chi connectivity index (χ2v) is 5.25. The molecule has 2 rings (SSSR count). The summed E-state index contributed by atoms with van der Waals surface area (Å²) in [5.41, 5.74) is 0.338. The van der Waals surface area contributed by atoms with Crippen LogP contribution in [-0.4, -0.2) is 35.9 Å². The molecule has 3 N–H and O–H groups in total. The predicted octanol–water partition coefficient (Wildman–Crippen LogP) is 2.73. The topological polar surface area (TPSA) is 87.7 Å². The number of urea groups is 1. The average molecular weight is 313 g/mol. The number of carboxylic acids is 1. The molecular formula is C14H17ClN2O4. The van der Waals surface area contributed by atoms with Gasteiger partial charge in [-0.2, -0.15) is 0 Å². The van der Waals surface area contributed by atoms with Crippen LogP contribution < -0.4 is 10.6 Å². The molecule has 0 heterocycles. The summed E-state index contributed by atoms with van der Waals surface area (Å²) in [7, 11) is 0. The van der Waals surface area contributed by atoms with Crippen LogP contribution in [-0.2, 0) is 4.74 Å². The Labute approximate surface area is 127 Å². The number of carbonyl (C=O) groups is 2. The highest BCUT2D eigenvalue weighted by Crippen LogP contribution is 2.24. The second-order valence-electron chi connectivity index (χ2n) is 4.84. The second kappa shape index (κ2) is 6.78. The van der Waals surface area contributed by atoms with Gasteiger partial charge in [-0.25, -0.2) is 9.59 Å². The van der Waals surface area contributed by atoms with E-state index in [0.717, 1.165) is 12.8 Å². The number of nitrogens with one attached hydrogen (secondary N) is 2. The molecule has 1 aromatic carbocycles. The van der Waals surface area contributed by atoms with E-state index in [0.29, 0.717) is 12.3 Å². The molecule has 114 valence electrons. The van der Waals surface area contributed by atoms with E-state index >= 15 is 0 Å². The van der Waals surface area contributed by atoms with Crippen LogP contribution in [0.5, 0.6) is 0 Å². The van der Waals surface area contributed by atoms with Crippen molar-refractivity contribution in [2.45, 2.75) is 31.9 Å². The maximum atomic E-state index is 11.8. The van der Waals surface area contributed by atoms with Crippen molar-refractivity contribution in [1.82, 2.24) is 5.32 Å². The van der Waals surface area contributed by atoms with Crippen LogP contribution in [0.15, 0.2) is 18.2 Å². The molecule has 1 aromatic rings. The van der Waals surface area contributed by atoms with E-state index < -0.39 is 5.97 Å². The lowest BCUT2D eigenvalue weighted by Crippen LogP contribution is -2.49. The molecule has 0 atom stereocenters. The molecule has 0 aromatic heterocycles. The van der Waals surface area contributed by atoms with Gasteiger partial charge >= 0.3 is 12.0 Å². The quantitative estimate of drug-likeness (QED) is 0.780. The Hall–Kier alpha value is -1.79. The first kappa shape index (κ1) is 15.6. The summed E-state index contributed by atoms with van der Waals surface area (Å²) in [5, 5.41) is 14.5. The number of hydrogen-bond donors (Lipinski definition) is 3. The fourth-order valence-electron chi connectivity index (χ4n) is 2.17. The minimum Gasteiger partial charge on any atom is -0.478 e. The van der Waals surface area contributed by atoms with Gasteiger partial charge < -0.3 is 20.5 Å². The highest BCUT2D eigenvalue weighted by Gasteiger charge is 2.30. The predicted molar refractivity (Wildman–Crippen MR) is 79.0 cm³/mol. The summed E-state index contributed by atoms with van der Waals surface area (Å²) in [6.07, 6.45) is 1.80. The molecule has 7 heteroatoms. The molecule has 0 unspecified atom stereocenters. The first-order valence-electron chi connectivity index (χ1n) is 6.71. The van der Waals surface area contributed by atoms with E-state index in [9.17, 15) is 9.59 Å². The van der Waals surface area contributed by atoms with Crippen LogP contribution in [0.1, 0.15) is 30.1 Å². The zero-order valence-corrected chi connectivity index (χ0v) is 12.3. The fraction of sp³-hybridized carbons (Fsp3) is 0.429. The molecule has 1 aliphatic carbocycles. The normalized spacial score (nSPS) is 20.5. The summed E-state index contributed by atoms with van der Waals surface area (Å²) in [6, 6.07) is 4.04. The smallest absolute Gasteiger partial charge is 0.337 e. The van der Waals surface area contributed by atoms with Gasteiger partial charge in [0.2, 0.25) is 0 Å². The molecule has 1 saturated carbocycles. The van der Waals surface area contributed by atoms with Gasteiger partial charge in [-0.1, -0.05) is 11.6 Å². The summed E-state index contributed by atoms with van der Waals surface area (Å²) < 4.78 is 5.41. The largest absolute Gasteiger partial charge is 0.478 e. The third kappa shape index (κ3) is 4.09. The van der Waals surface area contributed by atoms with Gasteiger partial charge in [0, 0.05) is 18.3 Å². The maximum absolute atomic E-state index is 11.8. The van der Waals surface area contributed by atoms with Crippen LogP contribution in [0.4, 0.5) is 10.5 Å². The van der Waals surface area contributed by atoms with Crippen molar-refractivity contribution in [2.24, 2.45) is 0 Å². The van der Waals surface area contributed by atoms with E-state index in [1.165, 1.54) is 12.1 Å². The Bertz CT molecular complexity index is 544. The van der Waals surface area contributed by atoms with Crippen LogP contribution in [0, 0.1) is 0 Å². The number of carboxylic acid groups (broad SMARTS) is 1. The van der Waals surface area contributed by atoms with E-state index in [1.54, 1.807) is 6.07 Å². The van der Waals surface area contributed by atoms with E-state index in [2.05, 4.69) is 10.6 Å². The van der Waals surface area contributed by atoms with Crippen molar-refractivity contribution in [3.63, 3.8) is 0 Å². The van der Waals surface area contributed by atoms with Crippen molar-refractivity contribution in [3.05, 3.63) is 28.8 Å². The van der Waals surface area contributed by atoms with Gasteiger partial charge in [0.15, 0.2) is 0 Å². The lowest BCUT2D eigenvalue weighted by Gasteiger charge is -2.35. The van der Waals surface area contributed by atoms with Crippen molar-refractivity contribution in [1.29, 1.82) is 0 Å². The molecule has 2 amide bonds. The van der Waals surface area contributed by atoms with Crippen LogP contribution in [0.2, 0.25) is 5.02 Å². The lowest BCUT2D eigenvalue weighted by molar-refractivity contribution is -0.00673. The Morgan fingerprint density at radius 1 is 1.43 bits per heavy atom. The number of halogens is 1. The number of hydrogen-bond acceptors (Lipinski definition) is 3. The lowest BCUT2D eigenvalue weighted by atomic mass is 9.89. The number of rotatable bonds is 5. The first-order valence-corrected chi connectivity index (χ1v) is 7.09. The molecule has 1 fully saturated rings. The SMILES string of the molecule is CCOC1CC(NC(=O)Nc2ccc(Cl)c(C(=O)O)c2)C1. The highest BCUT2D eigenvalue weighted by atomic mass is 35.5. The maximum Gasteiger partial charge on any atom is 0.337 e. The number of carbonyl (C=O) groups excluding carboxylic acids is 1. The summed E-state index contributed by atoms with van der Waals surface area (Å²) in [4.78, 5) is 22.8. The van der Waals surface area contributed by atoms with Crippen LogP contribution >= 0.6 is 11.6 Å². The minimum absolute atomic E-state index is 0.0467. The number of aromatic carboxylic acids is 1. The molecule has 0 aliphatic heterocycles. The van der Waals surface area contributed by atoms with Gasteiger partial charge in [0.25, 0.3) is 0 Å². The molecule has 21 heavy (non-hydrogen) atoms. The third-order valence-corrected chi connectivity index (χ3v) is 3.62. The number of anilines is 1. The van der Waals surface area contributed by atoms with E-state index in [4.69, 9.17) is 21.4 Å². The van der Waals surface area contributed by atoms with Crippen LogP contribution in [0.25, 0.3) is 0 Å². The molecule has 6 nitrogen and oxygen atoms in total. The summed E-state index contributed by atoms with van der Waals surface area (Å²) in [5.74, 6) is -1.14. The average Bonchev–Trinajstić information content (AvgIpc) is 2.38. The Morgan fingerprint density at radius 3 is 2.76 bits per heavy atom. The molecule has 0 spiro atoms. The zero-order chi connectivity index (χ0) is 15.4. The number of benzene rings is 1. The van der Waals surface area contributed by atoms with Gasteiger partial charge in [-0.05, 0) is 38.0 Å². The standard InChI is InChI=1S/C14H17ClN2O4/c1-2-21-10-5-9(6-10)17-14(20)16-8-3-4-12(15)11(7-8)13(18)19/h3-4,7,9-10H,2,5-6H2,1H3,(H,18,19)(H2,16,17,20). The first-order chi connectivity index (χ1) is 9.99. The monoisotopic (exact) mass is 312 g/mol. The minimum atomic E-state index is -1.14. The van der Waals surface area contributed by atoms with Crippen molar-refractivity contribution in [2.75, 3.05) is 11.9 Å². The summed E-state index contributed by atoms with van der Waals surface area (Å²) >= 11 is 5.77. The van der Waals surface area contributed by atoms with Gasteiger partial charge in [0.05, 0.1) is 16.7 Å². The molecule has 1 aliphatic rings. The summed E-state index contributed by atoms with van der Waals surface area (Å²) in [6.45, 7) is 2.61. The molecule has 0 radical (unpaired) electrons. The van der Waals surface area contributed by atoms with Crippen molar-refractivity contribution < 1.29 is 19.4 Å². The third-order valence-electron chi connectivity index (χ3n) is 3.29. The number of amides is 2. The Morgan fingerprint density at radius 2 is 2.14 bits per heavy atom. The van der Waals surface area contributed by atoms with Gasteiger partial charge in [-0.15, -0.1) is 0 Å². The zero-order valence-electron chi connectivity index (χ0n) is 11.6. The van der Waals surface area contributed by atoms with Gasteiger partial charge in [0.1, 0.15) is 0 Å².